The fourth-order valence-corrected chi connectivity index (χ4v) is 2.52. The summed E-state index contributed by atoms with van der Waals surface area (Å²) in [6, 6.07) is 7.06. The normalized spacial score (nSPS) is 11.9. The zero-order valence-electron chi connectivity index (χ0n) is 17.5. The number of benzene rings is 1. The van der Waals surface area contributed by atoms with Gasteiger partial charge in [-0.1, -0.05) is 28.9 Å². The summed E-state index contributed by atoms with van der Waals surface area (Å²) < 4.78 is 10.7. The van der Waals surface area contributed by atoms with Gasteiger partial charge in [-0.3, -0.25) is 0 Å². The van der Waals surface area contributed by atoms with Crippen LogP contribution in [-0.2, 0) is 4.74 Å². The first-order valence-corrected chi connectivity index (χ1v) is 9.77. The summed E-state index contributed by atoms with van der Waals surface area (Å²) in [5, 5.41) is 0. The molecule has 1 rings (SSSR count). The molecular weight excluding hydrogens is 336 g/mol. The minimum atomic E-state index is -0.302. The van der Waals surface area contributed by atoms with Crippen LogP contribution in [0.15, 0.2) is 59.2 Å². The number of ether oxygens (including phenoxy) is 2. The van der Waals surface area contributed by atoms with E-state index >= 15 is 0 Å². The van der Waals surface area contributed by atoms with Gasteiger partial charge in [0.05, 0.1) is 12.2 Å². The average molecular weight is 371 g/mol. The third kappa shape index (κ3) is 10.4. The molecule has 0 saturated heterocycles. The van der Waals surface area contributed by atoms with Crippen molar-refractivity contribution in [1.29, 1.82) is 0 Å². The summed E-state index contributed by atoms with van der Waals surface area (Å²) in [5.74, 6) is 0.450. The van der Waals surface area contributed by atoms with Crippen molar-refractivity contribution in [2.45, 2.75) is 60.3 Å². The lowest BCUT2D eigenvalue weighted by Crippen LogP contribution is -2.04. The zero-order valence-corrected chi connectivity index (χ0v) is 17.5. The highest BCUT2D eigenvalue weighted by Gasteiger charge is 2.05. The summed E-state index contributed by atoms with van der Waals surface area (Å²) in [7, 11) is 0. The van der Waals surface area contributed by atoms with E-state index in [0.717, 1.165) is 31.4 Å². The van der Waals surface area contributed by atoms with Crippen molar-refractivity contribution in [3.8, 4) is 5.75 Å². The number of carbonyl (C=O) groups is 1. The van der Waals surface area contributed by atoms with E-state index in [4.69, 9.17) is 9.47 Å². The van der Waals surface area contributed by atoms with Crippen LogP contribution in [0, 0.1) is 0 Å². The van der Waals surface area contributed by atoms with Crippen LogP contribution in [0.4, 0.5) is 0 Å². The van der Waals surface area contributed by atoms with Gasteiger partial charge in [-0.2, -0.15) is 0 Å². The Labute approximate surface area is 164 Å². The van der Waals surface area contributed by atoms with Crippen LogP contribution < -0.4 is 4.74 Å². The number of carbonyl (C=O) groups excluding carboxylic acids is 1. The van der Waals surface area contributed by atoms with Crippen molar-refractivity contribution < 1.29 is 14.3 Å². The lowest BCUT2D eigenvalue weighted by atomic mass is 10.1. The molecule has 3 nitrogen and oxygen atoms in total. The molecule has 3 heteroatoms. The standard InChI is InChI=1S/C24H34O3/c1-6-26-24(25)22-13-15-23(16-14-22)27-18-17-21(5)12-8-11-20(4)10-7-9-19(2)3/h9,11,13-17H,6-8,10,12,18H2,1-5H3/b20-11+,21-17+. The lowest BCUT2D eigenvalue weighted by molar-refractivity contribution is 0.0526. The van der Waals surface area contributed by atoms with Gasteiger partial charge in [0.25, 0.3) is 0 Å². The van der Waals surface area contributed by atoms with E-state index < -0.39 is 0 Å². The van der Waals surface area contributed by atoms with Crippen LogP contribution in [0.3, 0.4) is 0 Å². The van der Waals surface area contributed by atoms with E-state index in [9.17, 15) is 4.79 Å². The SMILES string of the molecule is CCOC(=O)c1ccc(OC/C=C(\C)CC/C=C(\C)CCC=C(C)C)cc1. The van der Waals surface area contributed by atoms with Gasteiger partial charge in [-0.15, -0.1) is 0 Å². The highest BCUT2D eigenvalue weighted by Crippen LogP contribution is 2.14. The Hall–Kier alpha value is -2.29. The van der Waals surface area contributed by atoms with Crippen LogP contribution >= 0.6 is 0 Å². The third-order valence-electron chi connectivity index (χ3n) is 4.17. The van der Waals surface area contributed by atoms with Gasteiger partial charge in [0.2, 0.25) is 0 Å². The first-order valence-electron chi connectivity index (χ1n) is 9.77. The number of rotatable bonds is 11. The molecule has 0 fully saturated rings. The van der Waals surface area contributed by atoms with Gasteiger partial charge in [0.1, 0.15) is 12.4 Å². The molecule has 0 aliphatic carbocycles. The maximum absolute atomic E-state index is 11.6. The van der Waals surface area contributed by atoms with Crippen molar-refractivity contribution in [2.75, 3.05) is 13.2 Å². The maximum Gasteiger partial charge on any atom is 0.338 e. The Kier molecular flexibility index (Phi) is 10.9. The molecule has 0 saturated carbocycles. The molecule has 0 aromatic heterocycles. The van der Waals surface area contributed by atoms with Crippen molar-refractivity contribution in [2.24, 2.45) is 0 Å². The largest absolute Gasteiger partial charge is 0.490 e. The molecule has 0 unspecified atom stereocenters. The molecule has 0 amide bonds. The molecule has 0 N–H and O–H groups in total. The minimum Gasteiger partial charge on any atom is -0.490 e. The van der Waals surface area contributed by atoms with E-state index in [0.29, 0.717) is 18.8 Å². The average Bonchev–Trinajstić information content (AvgIpc) is 2.62. The van der Waals surface area contributed by atoms with Crippen LogP contribution in [0.5, 0.6) is 5.75 Å². The molecule has 0 aliphatic heterocycles. The molecule has 0 heterocycles. The smallest absolute Gasteiger partial charge is 0.338 e. The fourth-order valence-electron chi connectivity index (χ4n) is 2.52. The molecule has 148 valence electrons. The monoisotopic (exact) mass is 370 g/mol. The Balaban J connectivity index is 2.34. The zero-order chi connectivity index (χ0) is 20.1. The van der Waals surface area contributed by atoms with Crippen LogP contribution in [0.1, 0.15) is 70.7 Å². The first kappa shape index (κ1) is 22.8. The Morgan fingerprint density at radius 3 is 2.07 bits per heavy atom. The van der Waals surface area contributed by atoms with E-state index in [-0.39, 0.29) is 5.97 Å². The Morgan fingerprint density at radius 1 is 0.889 bits per heavy atom. The van der Waals surface area contributed by atoms with Crippen molar-refractivity contribution in [3.05, 3.63) is 64.8 Å². The van der Waals surface area contributed by atoms with E-state index in [1.807, 2.05) is 0 Å². The molecule has 0 bridgehead atoms. The van der Waals surface area contributed by atoms with E-state index in [2.05, 4.69) is 45.9 Å². The summed E-state index contributed by atoms with van der Waals surface area (Å²) in [4.78, 5) is 11.6. The number of allylic oxidation sites excluding steroid dienone is 5. The predicted octanol–water partition coefficient (Wildman–Crippen LogP) is 6.66. The lowest BCUT2D eigenvalue weighted by Gasteiger charge is -2.06. The van der Waals surface area contributed by atoms with Crippen LogP contribution in [0.25, 0.3) is 0 Å². The predicted molar refractivity (Wildman–Crippen MR) is 113 cm³/mol. The molecular formula is C24H34O3. The van der Waals surface area contributed by atoms with Gasteiger partial charge >= 0.3 is 5.97 Å². The highest BCUT2D eigenvalue weighted by atomic mass is 16.5. The molecule has 0 spiro atoms. The fraction of sp³-hybridized carbons (Fsp3) is 0.458. The molecule has 0 aliphatic rings. The summed E-state index contributed by atoms with van der Waals surface area (Å²) in [5.41, 5.74) is 4.71. The second kappa shape index (κ2) is 13.0. The Bertz CT molecular complexity index is 659. The third-order valence-corrected chi connectivity index (χ3v) is 4.17. The molecule has 0 radical (unpaired) electrons. The van der Waals surface area contributed by atoms with Gasteiger partial charge in [0.15, 0.2) is 0 Å². The van der Waals surface area contributed by atoms with Crippen molar-refractivity contribution >= 4 is 5.97 Å². The molecule has 1 aromatic carbocycles. The second-order valence-corrected chi connectivity index (χ2v) is 7.02. The molecule has 0 atom stereocenters. The second-order valence-electron chi connectivity index (χ2n) is 7.02. The molecule has 27 heavy (non-hydrogen) atoms. The maximum atomic E-state index is 11.6. The summed E-state index contributed by atoms with van der Waals surface area (Å²) in [6.07, 6.45) is 11.1. The number of hydrogen-bond donors (Lipinski definition) is 0. The summed E-state index contributed by atoms with van der Waals surface area (Å²) >= 11 is 0. The summed E-state index contributed by atoms with van der Waals surface area (Å²) in [6.45, 7) is 11.3. The van der Waals surface area contributed by atoms with Crippen LogP contribution in [0.2, 0.25) is 0 Å². The quantitative estimate of drug-likeness (QED) is 0.323. The van der Waals surface area contributed by atoms with Gasteiger partial charge in [0, 0.05) is 0 Å². The first-order chi connectivity index (χ1) is 12.9. The van der Waals surface area contributed by atoms with E-state index in [1.54, 1.807) is 31.2 Å². The van der Waals surface area contributed by atoms with Crippen molar-refractivity contribution in [1.82, 2.24) is 0 Å². The Morgan fingerprint density at radius 2 is 1.48 bits per heavy atom. The topological polar surface area (TPSA) is 35.5 Å². The van der Waals surface area contributed by atoms with E-state index in [1.165, 1.54) is 16.7 Å². The molecule has 1 aromatic rings. The minimum absolute atomic E-state index is 0.302. The van der Waals surface area contributed by atoms with Crippen molar-refractivity contribution in [3.63, 3.8) is 0 Å². The number of hydrogen-bond acceptors (Lipinski definition) is 3. The highest BCUT2D eigenvalue weighted by molar-refractivity contribution is 5.89. The van der Waals surface area contributed by atoms with Gasteiger partial charge < -0.3 is 9.47 Å². The van der Waals surface area contributed by atoms with Gasteiger partial charge in [-0.05, 0) is 90.6 Å². The number of esters is 1. The van der Waals surface area contributed by atoms with Gasteiger partial charge in [-0.25, -0.2) is 4.79 Å². The van der Waals surface area contributed by atoms with Crippen LogP contribution in [-0.4, -0.2) is 19.2 Å².